The topological polar surface area (TPSA) is 46.2 Å². The first-order valence-corrected chi connectivity index (χ1v) is 3.12. The van der Waals surface area contributed by atoms with Crippen LogP contribution in [0.3, 0.4) is 0 Å². The smallest absolute Gasteiger partial charge is 0.0662 e. The van der Waals surface area contributed by atoms with Crippen LogP contribution >= 0.6 is 0 Å². The van der Waals surface area contributed by atoms with Crippen LogP contribution in [0.1, 0.15) is 26.7 Å². The molecule has 0 aliphatic rings. The summed E-state index contributed by atoms with van der Waals surface area (Å²) in [5.41, 5.74) is 5.48. The van der Waals surface area contributed by atoms with E-state index < -0.39 is 0 Å². The van der Waals surface area contributed by atoms with Crippen LogP contribution < -0.4 is 5.73 Å². The van der Waals surface area contributed by atoms with Gasteiger partial charge in [-0.2, -0.15) is 0 Å². The molecule has 2 nitrogen and oxygen atoms in total. The fourth-order valence-corrected chi connectivity index (χ4v) is 0.575. The number of nitrogens with two attached hydrogens (primary N) is 1. The Labute approximate surface area is 50.7 Å². The van der Waals surface area contributed by atoms with Gasteiger partial charge in [0.05, 0.1) is 6.10 Å². The van der Waals surface area contributed by atoms with Crippen LogP contribution in [0.25, 0.3) is 0 Å². The van der Waals surface area contributed by atoms with Crippen LogP contribution in [0.4, 0.5) is 0 Å². The van der Waals surface area contributed by atoms with Crippen molar-refractivity contribution in [2.75, 3.05) is 0 Å². The van der Waals surface area contributed by atoms with Crippen LogP contribution in [-0.2, 0) is 0 Å². The largest absolute Gasteiger partial charge is 0.392 e. The third-order valence-corrected chi connectivity index (χ3v) is 1.24. The molecule has 0 amide bonds. The Bertz CT molecular complexity index is 54.5. The molecular weight excluding hydrogens is 102 g/mol. The maximum Gasteiger partial charge on any atom is 0.0662 e. The lowest BCUT2D eigenvalue weighted by Gasteiger charge is -2.11. The first-order valence-electron chi connectivity index (χ1n) is 3.12. The first-order chi connectivity index (χ1) is 3.68. The van der Waals surface area contributed by atoms with Gasteiger partial charge in [0, 0.05) is 6.04 Å². The van der Waals surface area contributed by atoms with E-state index in [1.807, 2.05) is 0 Å². The van der Waals surface area contributed by atoms with E-state index in [4.69, 9.17) is 10.8 Å². The van der Waals surface area contributed by atoms with Crippen molar-refractivity contribution in [2.24, 2.45) is 5.73 Å². The quantitative estimate of drug-likeness (QED) is 0.565. The molecule has 8 heavy (non-hydrogen) atoms. The standard InChI is InChI=1S/C6H15NO/c1-3-4-6(7)5(2)8/h5-6,8H,3-4,7H2,1-2H3/t5-,6-/m1/s1. The zero-order chi connectivity index (χ0) is 6.57. The molecule has 50 valence electrons. The number of hydrogen-bond donors (Lipinski definition) is 2. The molecule has 0 aromatic rings. The molecule has 0 aromatic heterocycles. The van der Waals surface area contributed by atoms with Crippen molar-refractivity contribution >= 4 is 0 Å². The number of hydrogen-bond acceptors (Lipinski definition) is 2. The average molecular weight is 117 g/mol. The number of rotatable bonds is 3. The summed E-state index contributed by atoms with van der Waals surface area (Å²) < 4.78 is 0. The molecule has 0 rings (SSSR count). The molecule has 0 fully saturated rings. The minimum atomic E-state index is -0.352. The Kier molecular flexibility index (Phi) is 3.83. The summed E-state index contributed by atoms with van der Waals surface area (Å²) in [7, 11) is 0. The van der Waals surface area contributed by atoms with Crippen molar-refractivity contribution in [1.29, 1.82) is 0 Å². The molecule has 0 heterocycles. The highest BCUT2D eigenvalue weighted by Crippen LogP contribution is 1.96. The van der Waals surface area contributed by atoms with Crippen molar-refractivity contribution < 1.29 is 5.11 Å². The fourth-order valence-electron chi connectivity index (χ4n) is 0.575. The molecule has 0 aromatic carbocycles. The Morgan fingerprint density at radius 1 is 1.62 bits per heavy atom. The van der Waals surface area contributed by atoms with Gasteiger partial charge in [-0.25, -0.2) is 0 Å². The van der Waals surface area contributed by atoms with Gasteiger partial charge in [0.2, 0.25) is 0 Å². The second kappa shape index (κ2) is 3.87. The van der Waals surface area contributed by atoms with E-state index in [2.05, 4.69) is 6.92 Å². The highest BCUT2D eigenvalue weighted by atomic mass is 16.3. The van der Waals surface area contributed by atoms with Crippen molar-refractivity contribution in [3.05, 3.63) is 0 Å². The SMILES string of the molecule is CCC[C@@H](N)[C@@H](C)O. The molecule has 2 atom stereocenters. The molecular formula is C6H15NO. The monoisotopic (exact) mass is 117 g/mol. The average Bonchev–Trinajstić information content (AvgIpc) is 1.67. The van der Waals surface area contributed by atoms with E-state index in [9.17, 15) is 0 Å². The Morgan fingerprint density at radius 2 is 2.12 bits per heavy atom. The first kappa shape index (κ1) is 7.92. The van der Waals surface area contributed by atoms with Gasteiger partial charge in [0.1, 0.15) is 0 Å². The Balaban J connectivity index is 3.17. The van der Waals surface area contributed by atoms with Crippen molar-refractivity contribution in [3.63, 3.8) is 0 Å². The summed E-state index contributed by atoms with van der Waals surface area (Å²) in [6.07, 6.45) is 1.61. The van der Waals surface area contributed by atoms with Gasteiger partial charge < -0.3 is 10.8 Å². The van der Waals surface area contributed by atoms with Crippen LogP contribution in [0.15, 0.2) is 0 Å². The maximum atomic E-state index is 8.83. The Hall–Kier alpha value is -0.0800. The van der Waals surface area contributed by atoms with Gasteiger partial charge in [0.15, 0.2) is 0 Å². The van der Waals surface area contributed by atoms with E-state index in [-0.39, 0.29) is 12.1 Å². The van der Waals surface area contributed by atoms with Gasteiger partial charge in [0.25, 0.3) is 0 Å². The Morgan fingerprint density at radius 3 is 2.25 bits per heavy atom. The predicted molar refractivity (Wildman–Crippen MR) is 34.6 cm³/mol. The number of aliphatic hydroxyl groups excluding tert-OH is 1. The summed E-state index contributed by atoms with van der Waals surface area (Å²) in [6, 6.07) is -0.0278. The lowest BCUT2D eigenvalue weighted by molar-refractivity contribution is 0.159. The minimum absolute atomic E-state index is 0.0278. The molecule has 0 saturated heterocycles. The summed E-state index contributed by atoms with van der Waals surface area (Å²) in [5, 5.41) is 8.83. The predicted octanol–water partition coefficient (Wildman–Crippen LogP) is 0.495. The van der Waals surface area contributed by atoms with E-state index in [1.54, 1.807) is 6.92 Å². The van der Waals surface area contributed by atoms with Crippen molar-refractivity contribution in [3.8, 4) is 0 Å². The van der Waals surface area contributed by atoms with Gasteiger partial charge in [-0.05, 0) is 13.3 Å². The third-order valence-electron chi connectivity index (χ3n) is 1.24. The minimum Gasteiger partial charge on any atom is -0.392 e. The van der Waals surface area contributed by atoms with Gasteiger partial charge >= 0.3 is 0 Å². The van der Waals surface area contributed by atoms with Crippen LogP contribution in [-0.4, -0.2) is 17.3 Å². The molecule has 0 aliphatic heterocycles. The maximum absolute atomic E-state index is 8.83. The lowest BCUT2D eigenvalue weighted by Crippen LogP contribution is -2.31. The molecule has 0 unspecified atom stereocenters. The van der Waals surface area contributed by atoms with Gasteiger partial charge in [-0.15, -0.1) is 0 Å². The second-order valence-corrected chi connectivity index (χ2v) is 2.19. The highest BCUT2D eigenvalue weighted by molar-refractivity contribution is 4.65. The summed E-state index contributed by atoms with van der Waals surface area (Å²) in [6.45, 7) is 3.78. The number of aliphatic hydroxyl groups is 1. The third kappa shape index (κ3) is 2.99. The van der Waals surface area contributed by atoms with E-state index in [1.165, 1.54) is 0 Å². The van der Waals surface area contributed by atoms with Crippen molar-refractivity contribution in [2.45, 2.75) is 38.8 Å². The molecule has 3 N–H and O–H groups in total. The van der Waals surface area contributed by atoms with Crippen LogP contribution in [0, 0.1) is 0 Å². The van der Waals surface area contributed by atoms with E-state index >= 15 is 0 Å². The molecule has 0 aliphatic carbocycles. The molecule has 0 spiro atoms. The zero-order valence-corrected chi connectivity index (χ0v) is 5.59. The summed E-state index contributed by atoms with van der Waals surface area (Å²) >= 11 is 0. The summed E-state index contributed by atoms with van der Waals surface area (Å²) in [4.78, 5) is 0. The van der Waals surface area contributed by atoms with Crippen molar-refractivity contribution in [1.82, 2.24) is 0 Å². The van der Waals surface area contributed by atoms with Crippen LogP contribution in [0.2, 0.25) is 0 Å². The zero-order valence-electron chi connectivity index (χ0n) is 5.59. The van der Waals surface area contributed by atoms with Gasteiger partial charge in [-0.1, -0.05) is 13.3 Å². The fraction of sp³-hybridized carbons (Fsp3) is 1.00. The van der Waals surface area contributed by atoms with Crippen LogP contribution in [0.5, 0.6) is 0 Å². The van der Waals surface area contributed by atoms with E-state index in [0.29, 0.717) is 0 Å². The summed E-state index contributed by atoms with van der Waals surface area (Å²) in [5.74, 6) is 0. The molecule has 0 saturated carbocycles. The van der Waals surface area contributed by atoms with E-state index in [0.717, 1.165) is 12.8 Å². The molecule has 2 heteroatoms. The highest BCUT2D eigenvalue weighted by Gasteiger charge is 2.05. The molecule has 0 radical (unpaired) electrons. The van der Waals surface area contributed by atoms with Gasteiger partial charge in [-0.3, -0.25) is 0 Å². The molecule has 0 bridgehead atoms. The normalized spacial score (nSPS) is 18.0. The lowest BCUT2D eigenvalue weighted by atomic mass is 10.1. The second-order valence-electron chi connectivity index (χ2n) is 2.19.